The number of nitrogens with zero attached hydrogens (tertiary/aromatic N) is 2. The van der Waals surface area contributed by atoms with Crippen molar-refractivity contribution < 1.29 is 9.21 Å². The lowest BCUT2D eigenvalue weighted by Crippen LogP contribution is -2.25. The summed E-state index contributed by atoms with van der Waals surface area (Å²) >= 11 is 0. The molecule has 0 aliphatic heterocycles. The number of aryl methyl sites for hydroxylation is 1. The summed E-state index contributed by atoms with van der Waals surface area (Å²) < 4.78 is 5.79. The molecule has 1 amide bonds. The fourth-order valence-corrected chi connectivity index (χ4v) is 2.97. The summed E-state index contributed by atoms with van der Waals surface area (Å²) in [6.07, 6.45) is 1.69. The Morgan fingerprint density at radius 2 is 1.52 bits per heavy atom. The maximum absolute atomic E-state index is 13.0. The average Bonchev–Trinajstić information content (AvgIpc) is 3.05. The van der Waals surface area contributed by atoms with E-state index in [9.17, 15) is 4.79 Å². The van der Waals surface area contributed by atoms with Crippen LogP contribution in [0.3, 0.4) is 0 Å². The second kappa shape index (κ2) is 7.30. The molecule has 1 aromatic heterocycles. The zero-order chi connectivity index (χ0) is 18.6. The van der Waals surface area contributed by atoms with Crippen LogP contribution in [0.4, 0.5) is 5.69 Å². The van der Waals surface area contributed by atoms with Gasteiger partial charge in [0.2, 0.25) is 0 Å². The van der Waals surface area contributed by atoms with Gasteiger partial charge in [0.1, 0.15) is 11.3 Å². The van der Waals surface area contributed by atoms with Crippen LogP contribution in [0.2, 0.25) is 0 Å². The Hall–Kier alpha value is -3.66. The third kappa shape index (κ3) is 3.37. The summed E-state index contributed by atoms with van der Waals surface area (Å²) in [6.45, 7) is 1.90. The summed E-state index contributed by atoms with van der Waals surface area (Å²) in [7, 11) is 0. The van der Waals surface area contributed by atoms with Crippen LogP contribution in [0.15, 0.2) is 94.4 Å². The molecule has 132 valence electrons. The number of carbonyl (C=O) groups is 1. The molecule has 0 fully saturated rings. The van der Waals surface area contributed by atoms with Crippen molar-refractivity contribution in [2.75, 3.05) is 5.01 Å². The maximum Gasteiger partial charge on any atom is 0.278 e. The van der Waals surface area contributed by atoms with E-state index in [2.05, 4.69) is 5.10 Å². The number of anilines is 1. The minimum absolute atomic E-state index is 0.191. The first kappa shape index (κ1) is 16.8. The lowest BCUT2D eigenvalue weighted by molar-refractivity contribution is 0.0988. The van der Waals surface area contributed by atoms with Crippen molar-refractivity contribution in [1.29, 1.82) is 0 Å². The molecule has 4 aromatic rings. The minimum Gasteiger partial charge on any atom is -0.461 e. The minimum atomic E-state index is -0.191. The number of fused-ring (bicyclic) bond motifs is 1. The normalized spacial score (nSPS) is 11.1. The zero-order valence-corrected chi connectivity index (χ0v) is 14.9. The van der Waals surface area contributed by atoms with Gasteiger partial charge in [0.15, 0.2) is 0 Å². The number of hydrogen-bond donors (Lipinski definition) is 0. The molecular weight excluding hydrogens is 336 g/mol. The van der Waals surface area contributed by atoms with Crippen LogP contribution in [-0.4, -0.2) is 12.1 Å². The predicted molar refractivity (Wildman–Crippen MR) is 108 cm³/mol. The van der Waals surface area contributed by atoms with Crippen LogP contribution >= 0.6 is 0 Å². The Labute approximate surface area is 157 Å². The van der Waals surface area contributed by atoms with E-state index in [1.54, 1.807) is 18.3 Å². The molecule has 0 aliphatic rings. The fourth-order valence-electron chi connectivity index (χ4n) is 2.97. The predicted octanol–water partition coefficient (Wildman–Crippen LogP) is 5.42. The largest absolute Gasteiger partial charge is 0.461 e. The van der Waals surface area contributed by atoms with Gasteiger partial charge < -0.3 is 4.42 Å². The third-order valence-corrected chi connectivity index (χ3v) is 4.34. The monoisotopic (exact) mass is 354 g/mol. The second-order valence-electron chi connectivity index (χ2n) is 6.13. The molecule has 27 heavy (non-hydrogen) atoms. The number of rotatable bonds is 4. The fraction of sp³-hybridized carbons (Fsp3) is 0.0435. The number of hydrogen-bond acceptors (Lipinski definition) is 3. The van der Waals surface area contributed by atoms with E-state index < -0.39 is 0 Å². The topological polar surface area (TPSA) is 45.8 Å². The van der Waals surface area contributed by atoms with Gasteiger partial charge in [-0.15, -0.1) is 0 Å². The molecule has 0 spiro atoms. The van der Waals surface area contributed by atoms with Gasteiger partial charge in [0.25, 0.3) is 5.91 Å². The Morgan fingerprint density at radius 3 is 2.26 bits per heavy atom. The molecule has 0 N–H and O–H groups in total. The smallest absolute Gasteiger partial charge is 0.278 e. The highest BCUT2D eigenvalue weighted by Crippen LogP contribution is 2.24. The number of amides is 1. The van der Waals surface area contributed by atoms with E-state index in [0.29, 0.717) is 11.3 Å². The molecule has 0 bridgehead atoms. The van der Waals surface area contributed by atoms with Crippen molar-refractivity contribution in [2.45, 2.75) is 6.92 Å². The Morgan fingerprint density at radius 1 is 0.889 bits per heavy atom. The van der Waals surface area contributed by atoms with Crippen LogP contribution in [0.25, 0.3) is 11.0 Å². The summed E-state index contributed by atoms with van der Waals surface area (Å²) in [5, 5.41) is 6.91. The van der Waals surface area contributed by atoms with Gasteiger partial charge in [0.05, 0.1) is 11.9 Å². The molecule has 0 atom stereocenters. The van der Waals surface area contributed by atoms with Crippen molar-refractivity contribution in [1.82, 2.24) is 0 Å². The van der Waals surface area contributed by atoms with Gasteiger partial charge in [0, 0.05) is 16.5 Å². The van der Waals surface area contributed by atoms with Crippen LogP contribution in [-0.2, 0) is 0 Å². The molecule has 3 aromatic carbocycles. The molecule has 0 saturated carbocycles. The van der Waals surface area contributed by atoms with Crippen LogP contribution in [0.5, 0.6) is 0 Å². The van der Waals surface area contributed by atoms with Crippen molar-refractivity contribution >= 4 is 28.8 Å². The number of furan rings is 1. The summed E-state index contributed by atoms with van der Waals surface area (Å²) in [4.78, 5) is 13.0. The molecule has 0 aliphatic carbocycles. The van der Waals surface area contributed by atoms with E-state index in [1.807, 2.05) is 79.7 Å². The number of benzene rings is 3. The van der Waals surface area contributed by atoms with E-state index >= 15 is 0 Å². The van der Waals surface area contributed by atoms with Crippen molar-refractivity contribution in [3.05, 3.63) is 102 Å². The maximum atomic E-state index is 13.0. The highest BCUT2D eigenvalue weighted by molar-refractivity contribution is 6.07. The molecule has 4 heteroatoms. The molecule has 0 saturated heterocycles. The van der Waals surface area contributed by atoms with Crippen molar-refractivity contribution in [3.8, 4) is 0 Å². The molecule has 4 nitrogen and oxygen atoms in total. The number of carbonyl (C=O) groups excluding carboxylic acids is 1. The van der Waals surface area contributed by atoms with Crippen LogP contribution < -0.4 is 5.01 Å². The van der Waals surface area contributed by atoms with E-state index in [0.717, 1.165) is 22.3 Å². The Bertz CT molecular complexity index is 1100. The first-order chi connectivity index (χ1) is 13.2. The van der Waals surface area contributed by atoms with Gasteiger partial charge in [-0.25, -0.2) is 0 Å². The van der Waals surface area contributed by atoms with Gasteiger partial charge >= 0.3 is 0 Å². The highest BCUT2D eigenvalue weighted by Gasteiger charge is 2.17. The van der Waals surface area contributed by atoms with Gasteiger partial charge in [-0.3, -0.25) is 4.79 Å². The van der Waals surface area contributed by atoms with Gasteiger partial charge in [-0.05, 0) is 37.3 Å². The second-order valence-corrected chi connectivity index (χ2v) is 6.13. The number of para-hydroxylation sites is 2. The number of hydrazone groups is 1. The lowest BCUT2D eigenvalue weighted by Gasteiger charge is -2.17. The van der Waals surface area contributed by atoms with Crippen LogP contribution in [0.1, 0.15) is 21.7 Å². The average molecular weight is 354 g/mol. The van der Waals surface area contributed by atoms with Gasteiger partial charge in [-0.2, -0.15) is 10.1 Å². The van der Waals surface area contributed by atoms with E-state index in [-0.39, 0.29) is 5.91 Å². The lowest BCUT2D eigenvalue weighted by atomic mass is 10.1. The molecular formula is C23H18N2O2. The summed E-state index contributed by atoms with van der Waals surface area (Å²) in [6, 6.07) is 26.3. The van der Waals surface area contributed by atoms with Crippen LogP contribution in [0, 0.1) is 6.92 Å². The van der Waals surface area contributed by atoms with Crippen molar-refractivity contribution in [3.63, 3.8) is 0 Å². The Kier molecular flexibility index (Phi) is 4.54. The summed E-state index contributed by atoms with van der Waals surface area (Å²) in [5.74, 6) is 0.573. The molecule has 0 radical (unpaired) electrons. The first-order valence-corrected chi connectivity index (χ1v) is 8.71. The standard InChI is InChI=1S/C23H18N2O2/c1-17-21(20-14-8-9-15-22(20)27-17)16-24-25(19-12-6-3-7-13-19)23(26)18-10-4-2-5-11-18/h2-16H,1H3/b24-16-. The molecule has 1 heterocycles. The molecule has 0 unspecified atom stereocenters. The quantitative estimate of drug-likeness (QED) is 0.363. The summed E-state index contributed by atoms with van der Waals surface area (Å²) in [5.41, 5.74) is 2.95. The van der Waals surface area contributed by atoms with E-state index in [1.165, 1.54) is 5.01 Å². The third-order valence-electron chi connectivity index (χ3n) is 4.34. The molecule has 4 rings (SSSR count). The van der Waals surface area contributed by atoms with E-state index in [4.69, 9.17) is 4.42 Å². The zero-order valence-electron chi connectivity index (χ0n) is 14.9. The Balaban J connectivity index is 1.76. The highest BCUT2D eigenvalue weighted by atomic mass is 16.3. The SMILES string of the molecule is Cc1oc2ccccc2c1/C=N\N(C(=O)c1ccccc1)c1ccccc1. The van der Waals surface area contributed by atoms with Crippen molar-refractivity contribution in [2.24, 2.45) is 5.10 Å². The van der Waals surface area contributed by atoms with Gasteiger partial charge in [-0.1, -0.05) is 54.6 Å². The first-order valence-electron chi connectivity index (χ1n) is 8.71.